The third-order valence-electron chi connectivity index (χ3n) is 7.60. The van der Waals surface area contributed by atoms with Crippen LogP contribution in [0, 0.1) is 23.7 Å². The highest BCUT2D eigenvalue weighted by Gasteiger charge is 2.22. The van der Waals surface area contributed by atoms with Gasteiger partial charge in [-0.25, -0.2) is 0 Å². The molecule has 2 saturated carbocycles. The molecule has 0 aromatic carbocycles. The minimum Gasteiger partial charge on any atom is -0.0887 e. The monoisotopic (exact) mass is 372 g/mol. The van der Waals surface area contributed by atoms with E-state index in [0.29, 0.717) is 0 Å². The highest BCUT2D eigenvalue weighted by atomic mass is 14.3. The smallest absolute Gasteiger partial charge is 0.0283 e. The normalized spacial score (nSPS) is 30.5. The fourth-order valence-corrected chi connectivity index (χ4v) is 5.64. The predicted octanol–water partition coefficient (Wildman–Crippen LogP) is 9.26. The Morgan fingerprint density at radius 3 is 2.30 bits per heavy atom. The van der Waals surface area contributed by atoms with Crippen molar-refractivity contribution in [2.75, 3.05) is 0 Å². The first-order valence-corrected chi connectivity index (χ1v) is 12.4. The number of rotatable bonds is 10. The van der Waals surface area contributed by atoms with Crippen LogP contribution in [0.5, 0.6) is 0 Å². The van der Waals surface area contributed by atoms with Crippen molar-refractivity contribution >= 4 is 0 Å². The largest absolute Gasteiger partial charge is 0.0887 e. The summed E-state index contributed by atoms with van der Waals surface area (Å²) in [6.07, 6.45) is 26.5. The summed E-state index contributed by atoms with van der Waals surface area (Å²) < 4.78 is 0. The van der Waals surface area contributed by atoms with Crippen molar-refractivity contribution in [2.24, 2.45) is 23.7 Å². The van der Waals surface area contributed by atoms with Gasteiger partial charge in [-0.2, -0.15) is 0 Å². The third-order valence-corrected chi connectivity index (χ3v) is 7.60. The van der Waals surface area contributed by atoms with Crippen molar-refractivity contribution in [1.82, 2.24) is 0 Å². The van der Waals surface area contributed by atoms with Crippen LogP contribution in [0.4, 0.5) is 0 Å². The minimum atomic E-state index is 0.975. The molecule has 0 spiro atoms. The second-order valence-corrected chi connectivity index (χ2v) is 10.1. The van der Waals surface area contributed by atoms with Gasteiger partial charge in [0.15, 0.2) is 0 Å². The van der Waals surface area contributed by atoms with Crippen molar-refractivity contribution in [1.29, 1.82) is 0 Å². The Morgan fingerprint density at radius 2 is 1.63 bits per heavy atom. The van der Waals surface area contributed by atoms with E-state index in [1.807, 2.05) is 0 Å². The van der Waals surface area contributed by atoms with Gasteiger partial charge in [0.1, 0.15) is 0 Å². The maximum absolute atomic E-state index is 2.68. The summed E-state index contributed by atoms with van der Waals surface area (Å²) in [6, 6.07) is 0. The molecule has 0 bridgehead atoms. The fourth-order valence-electron chi connectivity index (χ4n) is 5.64. The van der Waals surface area contributed by atoms with Gasteiger partial charge in [0, 0.05) is 0 Å². The minimum absolute atomic E-state index is 0.975. The molecule has 2 aliphatic rings. The summed E-state index contributed by atoms with van der Waals surface area (Å²) in [6.45, 7) is 9.31. The Morgan fingerprint density at radius 1 is 0.889 bits per heavy atom. The molecule has 0 saturated heterocycles. The van der Waals surface area contributed by atoms with Crippen LogP contribution in [0.25, 0.3) is 0 Å². The Hall–Kier alpha value is -0.520. The van der Waals surface area contributed by atoms with Crippen LogP contribution in [0.1, 0.15) is 124 Å². The van der Waals surface area contributed by atoms with E-state index in [0.717, 1.165) is 23.7 Å². The fraction of sp³-hybridized carbons (Fsp3) is 0.852. The maximum Gasteiger partial charge on any atom is -0.0283 e. The summed E-state index contributed by atoms with van der Waals surface area (Å²) in [4.78, 5) is 0. The van der Waals surface area contributed by atoms with E-state index in [4.69, 9.17) is 0 Å². The second-order valence-electron chi connectivity index (χ2n) is 10.1. The van der Waals surface area contributed by atoms with Crippen molar-refractivity contribution in [2.45, 2.75) is 124 Å². The zero-order valence-electron chi connectivity index (χ0n) is 19.1. The summed E-state index contributed by atoms with van der Waals surface area (Å²) in [5.74, 6) is 4.00. The number of hydrogen-bond acceptors (Lipinski definition) is 0. The first-order valence-electron chi connectivity index (χ1n) is 12.4. The zero-order valence-corrected chi connectivity index (χ0v) is 19.1. The summed E-state index contributed by atoms with van der Waals surface area (Å²) in [7, 11) is 0. The highest BCUT2D eigenvalue weighted by Crippen LogP contribution is 2.36. The van der Waals surface area contributed by atoms with Crippen molar-refractivity contribution in [3.8, 4) is 0 Å². The van der Waals surface area contributed by atoms with E-state index >= 15 is 0 Å². The average molecular weight is 373 g/mol. The van der Waals surface area contributed by atoms with Crippen molar-refractivity contribution in [3.05, 3.63) is 23.3 Å². The zero-order chi connectivity index (χ0) is 19.5. The van der Waals surface area contributed by atoms with Crippen LogP contribution >= 0.6 is 0 Å². The highest BCUT2D eigenvalue weighted by molar-refractivity contribution is 5.08. The van der Waals surface area contributed by atoms with Gasteiger partial charge in [-0.3, -0.25) is 0 Å². The molecule has 2 fully saturated rings. The van der Waals surface area contributed by atoms with Crippen molar-refractivity contribution in [3.63, 3.8) is 0 Å². The molecule has 0 aliphatic heterocycles. The number of hydrogen-bond donors (Lipinski definition) is 0. The summed E-state index contributed by atoms with van der Waals surface area (Å²) in [5, 5.41) is 0. The second kappa shape index (κ2) is 12.8. The lowest BCUT2D eigenvalue weighted by Gasteiger charge is -2.29. The first-order chi connectivity index (χ1) is 13.1. The molecule has 0 N–H and O–H groups in total. The molecule has 0 heterocycles. The summed E-state index contributed by atoms with van der Waals surface area (Å²) in [5.41, 5.74) is 3.35. The SMILES string of the molecule is CC=C(C)CCC(=CCCC1CCCC(C)C1)CC1CCC(CCC)CC1. The molecule has 2 atom stereocenters. The van der Waals surface area contributed by atoms with Gasteiger partial charge in [0.2, 0.25) is 0 Å². The van der Waals surface area contributed by atoms with E-state index in [9.17, 15) is 0 Å². The Labute approximate surface area is 171 Å². The van der Waals surface area contributed by atoms with Crippen molar-refractivity contribution < 1.29 is 0 Å². The molecule has 0 nitrogen and oxygen atoms in total. The third kappa shape index (κ3) is 9.01. The quantitative estimate of drug-likeness (QED) is 0.335. The van der Waals surface area contributed by atoms with Crippen LogP contribution < -0.4 is 0 Å². The van der Waals surface area contributed by atoms with Gasteiger partial charge in [-0.05, 0) is 88.9 Å². The van der Waals surface area contributed by atoms with Crippen LogP contribution in [0.2, 0.25) is 0 Å². The topological polar surface area (TPSA) is 0 Å². The van der Waals surface area contributed by atoms with E-state index in [-0.39, 0.29) is 0 Å². The van der Waals surface area contributed by atoms with Crippen LogP contribution in [0.3, 0.4) is 0 Å². The standard InChI is InChI=1S/C27H48/c1-5-9-24-16-18-27(19-17-24)21-26(15-14-22(3)6-2)13-8-12-25-11-7-10-23(4)20-25/h6,13,23-25,27H,5,7-12,14-21H2,1-4H3. The summed E-state index contributed by atoms with van der Waals surface area (Å²) >= 11 is 0. The van der Waals surface area contributed by atoms with Gasteiger partial charge < -0.3 is 0 Å². The molecule has 2 unspecified atom stereocenters. The molecule has 27 heavy (non-hydrogen) atoms. The molecule has 156 valence electrons. The maximum atomic E-state index is 2.68. The van der Waals surface area contributed by atoms with Crippen LogP contribution in [-0.4, -0.2) is 0 Å². The lowest BCUT2D eigenvalue weighted by Crippen LogP contribution is -2.15. The molecule has 0 aromatic rings. The van der Waals surface area contributed by atoms with E-state index in [2.05, 4.69) is 39.8 Å². The Balaban J connectivity index is 1.82. The van der Waals surface area contributed by atoms with Gasteiger partial charge in [0.25, 0.3) is 0 Å². The molecule has 0 aromatic heterocycles. The molecular formula is C27H48. The molecule has 0 heteroatoms. The van der Waals surface area contributed by atoms with Gasteiger partial charge in [-0.1, -0.05) is 82.1 Å². The predicted molar refractivity (Wildman–Crippen MR) is 122 cm³/mol. The lowest BCUT2D eigenvalue weighted by atomic mass is 9.77. The number of allylic oxidation sites excluding steroid dienone is 4. The molecule has 0 amide bonds. The Kier molecular flexibility index (Phi) is 10.8. The van der Waals surface area contributed by atoms with Gasteiger partial charge in [0.05, 0.1) is 0 Å². The molecule has 0 radical (unpaired) electrons. The van der Waals surface area contributed by atoms with E-state index in [1.54, 1.807) is 11.1 Å². The van der Waals surface area contributed by atoms with Crippen LogP contribution in [-0.2, 0) is 0 Å². The molecule has 2 rings (SSSR count). The molecule has 2 aliphatic carbocycles. The van der Waals surface area contributed by atoms with Crippen LogP contribution in [0.15, 0.2) is 23.3 Å². The van der Waals surface area contributed by atoms with Gasteiger partial charge >= 0.3 is 0 Å². The van der Waals surface area contributed by atoms with E-state index in [1.165, 1.54) is 96.3 Å². The lowest BCUT2D eigenvalue weighted by molar-refractivity contribution is 0.259. The van der Waals surface area contributed by atoms with Gasteiger partial charge in [-0.15, -0.1) is 0 Å². The average Bonchev–Trinajstić information content (AvgIpc) is 2.67. The first kappa shape index (κ1) is 22.8. The Bertz CT molecular complexity index is 447. The van der Waals surface area contributed by atoms with E-state index < -0.39 is 0 Å². The molecular weight excluding hydrogens is 324 g/mol.